The summed E-state index contributed by atoms with van der Waals surface area (Å²) in [5.74, 6) is 3.15. The van der Waals surface area contributed by atoms with Gasteiger partial charge in [-0.2, -0.15) is 0 Å². The number of hydrogen-bond donors (Lipinski definition) is 1. The quantitative estimate of drug-likeness (QED) is 0.851. The van der Waals surface area contributed by atoms with Gasteiger partial charge in [-0.15, -0.1) is 0 Å². The van der Waals surface area contributed by atoms with E-state index in [9.17, 15) is 4.79 Å². The van der Waals surface area contributed by atoms with Gasteiger partial charge in [-0.3, -0.25) is 4.79 Å². The van der Waals surface area contributed by atoms with Crippen molar-refractivity contribution in [2.24, 2.45) is 23.2 Å². The Morgan fingerprint density at radius 2 is 2.22 bits per heavy atom. The minimum Gasteiger partial charge on any atom is -0.469 e. The Bertz CT molecular complexity index is 641. The highest BCUT2D eigenvalue weighted by Crippen LogP contribution is 2.68. The molecule has 1 aromatic heterocycles. The number of carbonyl (C=O) groups is 1. The Morgan fingerprint density at radius 3 is 2.91 bits per heavy atom. The zero-order valence-electron chi connectivity index (χ0n) is 14.4. The average molecular weight is 313 g/mol. The van der Waals surface area contributed by atoms with Gasteiger partial charge in [0.25, 0.3) is 0 Å². The van der Waals surface area contributed by atoms with E-state index in [1.54, 1.807) is 6.26 Å². The van der Waals surface area contributed by atoms with E-state index in [2.05, 4.69) is 32.2 Å². The molecule has 0 unspecified atom stereocenters. The summed E-state index contributed by atoms with van der Waals surface area (Å²) in [6.07, 6.45) is 7.21. The van der Waals surface area contributed by atoms with Gasteiger partial charge in [-0.05, 0) is 55.1 Å². The Kier molecular flexibility index (Phi) is 3.44. The van der Waals surface area contributed by atoms with Gasteiger partial charge in [0.2, 0.25) is 0 Å². The van der Waals surface area contributed by atoms with Crippen molar-refractivity contribution in [2.75, 3.05) is 0 Å². The van der Waals surface area contributed by atoms with Crippen molar-refractivity contribution in [3.8, 4) is 0 Å². The second-order valence-corrected chi connectivity index (χ2v) is 8.30. The molecule has 1 aromatic rings. The van der Waals surface area contributed by atoms with E-state index in [1.807, 2.05) is 6.07 Å². The van der Waals surface area contributed by atoms with Gasteiger partial charge in [0.05, 0.1) is 6.26 Å². The van der Waals surface area contributed by atoms with Crippen LogP contribution in [0.4, 0.5) is 0 Å². The van der Waals surface area contributed by atoms with Crippen LogP contribution in [0.3, 0.4) is 0 Å². The Morgan fingerprint density at radius 1 is 1.39 bits per heavy atom. The van der Waals surface area contributed by atoms with Crippen LogP contribution < -0.4 is 5.32 Å². The fourth-order valence-electron chi connectivity index (χ4n) is 5.14. The molecule has 124 valence electrons. The van der Waals surface area contributed by atoms with Crippen molar-refractivity contribution in [1.82, 2.24) is 5.32 Å². The van der Waals surface area contributed by atoms with Gasteiger partial charge < -0.3 is 9.73 Å². The topological polar surface area (TPSA) is 42.2 Å². The zero-order valence-corrected chi connectivity index (χ0v) is 14.4. The van der Waals surface area contributed by atoms with Crippen LogP contribution in [0.25, 0.3) is 0 Å². The largest absolute Gasteiger partial charge is 0.469 e. The van der Waals surface area contributed by atoms with Crippen LogP contribution in [0.1, 0.15) is 52.2 Å². The minimum atomic E-state index is 0.329. The van der Waals surface area contributed by atoms with Crippen LogP contribution in [0.15, 0.2) is 34.1 Å². The first-order chi connectivity index (χ1) is 11.0. The lowest BCUT2D eigenvalue weighted by Gasteiger charge is -2.23. The summed E-state index contributed by atoms with van der Waals surface area (Å²) >= 11 is 0. The molecule has 0 saturated heterocycles. The van der Waals surface area contributed by atoms with Crippen LogP contribution in [0.2, 0.25) is 0 Å². The number of Topliss-reactive ketones (excluding diaryl/α,β-unsaturated/α-hetero) is 1. The van der Waals surface area contributed by atoms with Crippen molar-refractivity contribution in [1.29, 1.82) is 0 Å². The molecule has 1 heterocycles. The van der Waals surface area contributed by atoms with Crippen molar-refractivity contribution in [3.05, 3.63) is 35.4 Å². The molecule has 3 aliphatic carbocycles. The smallest absolute Gasteiger partial charge is 0.161 e. The first-order valence-corrected chi connectivity index (χ1v) is 9.01. The Hall–Kier alpha value is -1.51. The molecular formula is C20H27NO2. The third-order valence-electron chi connectivity index (χ3n) is 6.58. The van der Waals surface area contributed by atoms with Crippen LogP contribution in [-0.4, -0.2) is 11.8 Å². The summed E-state index contributed by atoms with van der Waals surface area (Å²) in [5.41, 5.74) is 2.57. The normalized spacial score (nSPS) is 36.9. The second kappa shape index (κ2) is 5.25. The van der Waals surface area contributed by atoms with Crippen LogP contribution in [0.5, 0.6) is 0 Å². The third-order valence-corrected chi connectivity index (χ3v) is 6.58. The van der Waals surface area contributed by atoms with E-state index in [0.717, 1.165) is 29.9 Å². The van der Waals surface area contributed by atoms with E-state index in [0.29, 0.717) is 35.0 Å². The molecule has 3 heteroatoms. The summed E-state index contributed by atoms with van der Waals surface area (Å²) < 4.78 is 5.52. The number of allylic oxidation sites excluding steroid dienone is 2. The lowest BCUT2D eigenvalue weighted by Crippen LogP contribution is -2.33. The lowest BCUT2D eigenvalue weighted by molar-refractivity contribution is -0.115. The van der Waals surface area contributed by atoms with Gasteiger partial charge in [-0.25, -0.2) is 0 Å². The highest BCUT2D eigenvalue weighted by molar-refractivity contribution is 6.01. The number of nitrogens with one attached hydrogen (secondary N) is 1. The molecule has 0 bridgehead atoms. The Labute approximate surface area is 138 Å². The molecule has 3 aliphatic rings. The monoisotopic (exact) mass is 313 g/mol. The van der Waals surface area contributed by atoms with Gasteiger partial charge in [0.15, 0.2) is 5.78 Å². The molecule has 3 fully saturated rings. The van der Waals surface area contributed by atoms with E-state index in [-0.39, 0.29) is 0 Å². The first kappa shape index (κ1) is 15.0. The van der Waals surface area contributed by atoms with Crippen LogP contribution >= 0.6 is 0 Å². The average Bonchev–Trinajstić information content (AvgIpc) is 3.04. The van der Waals surface area contributed by atoms with Gasteiger partial charge in [0.1, 0.15) is 5.76 Å². The fourth-order valence-corrected chi connectivity index (χ4v) is 5.14. The van der Waals surface area contributed by atoms with Crippen LogP contribution in [-0.2, 0) is 11.2 Å². The molecule has 4 atom stereocenters. The number of carbonyl (C=O) groups excluding carboxylic acids is 1. The summed E-state index contributed by atoms with van der Waals surface area (Å²) in [6, 6.07) is 4.51. The molecule has 0 amide bonds. The maximum atomic E-state index is 12.3. The third kappa shape index (κ3) is 2.45. The number of hydrogen-bond acceptors (Lipinski definition) is 3. The number of rotatable bonds is 4. The zero-order chi connectivity index (χ0) is 16.2. The highest BCUT2D eigenvalue weighted by Gasteiger charge is 2.65. The lowest BCUT2D eigenvalue weighted by atomic mass is 9.94. The molecule has 23 heavy (non-hydrogen) atoms. The summed E-state index contributed by atoms with van der Waals surface area (Å²) in [4.78, 5) is 12.3. The molecule has 0 spiro atoms. The second-order valence-electron chi connectivity index (χ2n) is 8.30. The number of fused-ring (bicyclic) bond motifs is 1. The first-order valence-electron chi connectivity index (χ1n) is 9.01. The summed E-state index contributed by atoms with van der Waals surface area (Å²) in [6.45, 7) is 6.72. The molecule has 0 aliphatic heterocycles. The standard InChI is InChI=1S/C20H27NO2/c1-12(18-17(22)11-15-19(18)20(15,2)3)21-16-8-4-6-13(16)10-14-7-5-9-23-14/h5,7,9,13,15-16,19,21H,4,6,8,10-11H2,1-3H3/t13-,15+,16-,19-/m0/s1. The number of furan rings is 1. The fraction of sp³-hybridized carbons (Fsp3) is 0.650. The van der Waals surface area contributed by atoms with Gasteiger partial charge in [-0.1, -0.05) is 20.3 Å². The molecule has 3 saturated carbocycles. The van der Waals surface area contributed by atoms with Crippen molar-refractivity contribution >= 4 is 5.78 Å². The predicted octanol–water partition coefficient (Wildman–Crippen LogP) is 4.10. The molecule has 0 radical (unpaired) electrons. The van der Waals surface area contributed by atoms with Crippen molar-refractivity contribution in [3.63, 3.8) is 0 Å². The predicted molar refractivity (Wildman–Crippen MR) is 89.8 cm³/mol. The minimum absolute atomic E-state index is 0.329. The van der Waals surface area contributed by atoms with E-state index < -0.39 is 0 Å². The molecule has 0 aromatic carbocycles. The molecular weight excluding hydrogens is 286 g/mol. The maximum Gasteiger partial charge on any atom is 0.161 e. The molecule has 1 N–H and O–H groups in total. The molecule has 3 nitrogen and oxygen atoms in total. The Balaban J connectivity index is 1.48. The maximum absolute atomic E-state index is 12.3. The van der Waals surface area contributed by atoms with Crippen molar-refractivity contribution in [2.45, 2.75) is 58.9 Å². The van der Waals surface area contributed by atoms with E-state index in [1.165, 1.54) is 19.3 Å². The van der Waals surface area contributed by atoms with Gasteiger partial charge >= 0.3 is 0 Å². The number of ketones is 1. The van der Waals surface area contributed by atoms with E-state index >= 15 is 0 Å². The van der Waals surface area contributed by atoms with E-state index in [4.69, 9.17) is 4.42 Å². The van der Waals surface area contributed by atoms with Crippen molar-refractivity contribution < 1.29 is 9.21 Å². The van der Waals surface area contributed by atoms with Crippen LogP contribution in [0, 0.1) is 23.2 Å². The summed E-state index contributed by atoms with van der Waals surface area (Å²) in [7, 11) is 0. The molecule has 4 rings (SSSR count). The summed E-state index contributed by atoms with van der Waals surface area (Å²) in [5, 5.41) is 3.73. The highest BCUT2D eigenvalue weighted by atomic mass is 16.3. The van der Waals surface area contributed by atoms with Gasteiger partial charge in [0, 0.05) is 30.2 Å². The SMILES string of the molecule is CC(N[C@H]1CCC[C@H]1Cc1ccco1)=C1C(=O)C[C@@H]2[C@@H]1C2(C)C.